The number of hydrogen-bond acceptors (Lipinski definition) is 5. The second kappa shape index (κ2) is 10.2. The van der Waals surface area contributed by atoms with E-state index in [4.69, 9.17) is 0 Å². The summed E-state index contributed by atoms with van der Waals surface area (Å²) in [5.41, 5.74) is 1.66. The summed E-state index contributed by atoms with van der Waals surface area (Å²) in [7, 11) is -3.75. The van der Waals surface area contributed by atoms with Crippen LogP contribution in [-0.4, -0.2) is 26.8 Å². The van der Waals surface area contributed by atoms with Crippen LogP contribution in [0.3, 0.4) is 0 Å². The molecule has 2 N–H and O–H groups in total. The normalized spacial score (nSPS) is 11.3. The average Bonchev–Trinajstić information content (AvgIpc) is 3.23. The van der Waals surface area contributed by atoms with Gasteiger partial charge in [0.05, 0.1) is 15.5 Å². The second-order valence-electron chi connectivity index (χ2n) is 7.67. The van der Waals surface area contributed by atoms with E-state index < -0.39 is 10.0 Å². The van der Waals surface area contributed by atoms with Gasteiger partial charge in [0.1, 0.15) is 0 Å². The first-order valence-electron chi connectivity index (χ1n) is 10.7. The van der Waals surface area contributed by atoms with E-state index in [-0.39, 0.29) is 23.3 Å². The van der Waals surface area contributed by atoms with Gasteiger partial charge >= 0.3 is 0 Å². The van der Waals surface area contributed by atoms with Gasteiger partial charge in [-0.15, -0.1) is 11.3 Å². The zero-order valence-corrected chi connectivity index (χ0v) is 22.1. The van der Waals surface area contributed by atoms with E-state index in [2.05, 4.69) is 26.6 Å². The first-order valence-corrected chi connectivity index (χ1v) is 13.7. The Morgan fingerprint density at radius 2 is 1.63 bits per heavy atom. The van der Waals surface area contributed by atoms with E-state index in [9.17, 15) is 18.0 Å². The van der Waals surface area contributed by atoms with Crippen molar-refractivity contribution in [2.75, 3.05) is 21.5 Å². The fraction of sp³-hybridized carbons (Fsp3) is 0.120. The molecule has 2 amide bonds. The van der Waals surface area contributed by atoms with Crippen LogP contribution in [0.5, 0.6) is 0 Å². The molecule has 4 rings (SSSR count). The molecule has 7 nitrogen and oxygen atoms in total. The quantitative estimate of drug-likeness (QED) is 0.280. The number of fused-ring (bicyclic) bond motifs is 1. The fourth-order valence-electron chi connectivity index (χ4n) is 3.59. The monoisotopic (exact) mass is 571 g/mol. The lowest BCUT2D eigenvalue weighted by Crippen LogP contribution is -2.30. The lowest BCUT2D eigenvalue weighted by atomic mass is 10.2. The molecule has 1 aromatic heterocycles. The molecule has 35 heavy (non-hydrogen) atoms. The van der Waals surface area contributed by atoms with Gasteiger partial charge in [-0.2, -0.15) is 0 Å². The van der Waals surface area contributed by atoms with Gasteiger partial charge in [0, 0.05) is 34.0 Å². The van der Waals surface area contributed by atoms with E-state index in [1.54, 1.807) is 73.7 Å². The molecule has 0 spiro atoms. The van der Waals surface area contributed by atoms with Gasteiger partial charge in [0.15, 0.2) is 0 Å². The minimum Gasteiger partial charge on any atom is -0.326 e. The van der Waals surface area contributed by atoms with Crippen molar-refractivity contribution in [2.24, 2.45) is 0 Å². The zero-order valence-electron chi connectivity index (χ0n) is 18.9. The number of carbonyl (C=O) groups is 2. The first-order chi connectivity index (χ1) is 16.7. The molecule has 4 aromatic rings. The maximum Gasteiger partial charge on any atom is 0.265 e. The van der Waals surface area contributed by atoms with Gasteiger partial charge < -0.3 is 10.6 Å². The van der Waals surface area contributed by atoms with Crippen molar-refractivity contribution in [3.63, 3.8) is 0 Å². The highest BCUT2D eigenvalue weighted by atomic mass is 79.9. The number of halogens is 1. The number of hydrogen-bond donors (Lipinski definition) is 2. The summed E-state index contributed by atoms with van der Waals surface area (Å²) < 4.78 is 29.5. The Kier molecular flexibility index (Phi) is 7.25. The number of amides is 2. The Bertz CT molecular complexity index is 1520. The second-order valence-corrected chi connectivity index (χ2v) is 11.5. The average molecular weight is 573 g/mol. The molecular weight excluding hydrogens is 550 g/mol. The van der Waals surface area contributed by atoms with Crippen molar-refractivity contribution in [3.05, 3.63) is 82.1 Å². The van der Waals surface area contributed by atoms with Crippen LogP contribution < -0.4 is 14.9 Å². The molecule has 180 valence electrons. The highest BCUT2D eigenvalue weighted by Gasteiger charge is 2.24. The van der Waals surface area contributed by atoms with Crippen LogP contribution in [0.25, 0.3) is 10.1 Å². The van der Waals surface area contributed by atoms with Crippen molar-refractivity contribution in [3.8, 4) is 0 Å². The Morgan fingerprint density at radius 1 is 0.943 bits per heavy atom. The Balaban J connectivity index is 1.59. The molecule has 0 fully saturated rings. The maximum atomic E-state index is 13.2. The Hall–Kier alpha value is -3.21. The third-order valence-electron chi connectivity index (χ3n) is 5.14. The standard InChI is InChI=1S/C25H22BrN3O4S2/c1-3-29(35(32,33)22-10-7-18(26)8-11-22)21-9-12-23-17(13-21)14-24(34-23)25(31)28-20-6-4-5-19(15-20)27-16(2)30/h4-15H,3H2,1-2H3,(H,27,30)(H,28,31). The molecule has 0 bridgehead atoms. The summed E-state index contributed by atoms with van der Waals surface area (Å²) >= 11 is 4.65. The van der Waals surface area contributed by atoms with Gasteiger partial charge in [-0.3, -0.25) is 13.9 Å². The summed E-state index contributed by atoms with van der Waals surface area (Å²) in [6.07, 6.45) is 0. The molecule has 0 unspecified atom stereocenters. The van der Waals surface area contributed by atoms with E-state index in [0.717, 1.165) is 14.6 Å². The van der Waals surface area contributed by atoms with Crippen LogP contribution >= 0.6 is 27.3 Å². The highest BCUT2D eigenvalue weighted by molar-refractivity contribution is 9.10. The summed E-state index contributed by atoms with van der Waals surface area (Å²) in [5, 5.41) is 6.30. The molecule has 0 aliphatic rings. The van der Waals surface area contributed by atoms with Crippen LogP contribution in [0.2, 0.25) is 0 Å². The van der Waals surface area contributed by atoms with Crippen molar-refractivity contribution in [1.29, 1.82) is 0 Å². The molecule has 0 aliphatic heterocycles. The first kappa shape index (κ1) is 24.9. The number of nitrogens with one attached hydrogen (secondary N) is 2. The minimum atomic E-state index is -3.75. The Labute approximate surface area is 216 Å². The van der Waals surface area contributed by atoms with Crippen molar-refractivity contribution in [1.82, 2.24) is 0 Å². The highest BCUT2D eigenvalue weighted by Crippen LogP contribution is 2.32. The number of benzene rings is 3. The predicted octanol–water partition coefficient (Wildman–Crippen LogP) is 6.09. The molecule has 1 heterocycles. The molecule has 0 saturated heterocycles. The number of thiophene rings is 1. The zero-order chi connectivity index (χ0) is 25.2. The molecule has 0 aliphatic carbocycles. The molecule has 0 radical (unpaired) electrons. The van der Waals surface area contributed by atoms with Crippen LogP contribution in [0.15, 0.2) is 82.2 Å². The molecule has 0 atom stereocenters. The third-order valence-corrected chi connectivity index (χ3v) is 8.70. The molecular formula is C25H22BrN3O4S2. The number of anilines is 3. The summed E-state index contributed by atoms with van der Waals surface area (Å²) in [6.45, 7) is 3.45. The van der Waals surface area contributed by atoms with Gasteiger partial charge in [-0.05, 0) is 79.0 Å². The number of rotatable bonds is 7. The number of nitrogens with zero attached hydrogens (tertiary/aromatic N) is 1. The van der Waals surface area contributed by atoms with Crippen LogP contribution in [-0.2, 0) is 14.8 Å². The SMILES string of the molecule is CCN(c1ccc2sc(C(=O)Nc3cccc(NC(C)=O)c3)cc2c1)S(=O)(=O)c1ccc(Br)cc1. The van der Waals surface area contributed by atoms with Crippen molar-refractivity contribution < 1.29 is 18.0 Å². The van der Waals surface area contributed by atoms with E-state index in [0.29, 0.717) is 21.9 Å². The topological polar surface area (TPSA) is 95.6 Å². The number of carbonyl (C=O) groups excluding carboxylic acids is 2. The molecule has 0 saturated carbocycles. The van der Waals surface area contributed by atoms with Crippen molar-refractivity contribution >= 4 is 76.3 Å². The third kappa shape index (κ3) is 5.55. The van der Waals surface area contributed by atoms with Gasteiger partial charge in [-0.1, -0.05) is 22.0 Å². The van der Waals surface area contributed by atoms with Gasteiger partial charge in [0.25, 0.3) is 15.9 Å². The smallest absolute Gasteiger partial charge is 0.265 e. The maximum absolute atomic E-state index is 13.2. The molecule has 10 heteroatoms. The molecule has 3 aromatic carbocycles. The van der Waals surface area contributed by atoms with Crippen LogP contribution in [0.4, 0.5) is 17.1 Å². The summed E-state index contributed by atoms with van der Waals surface area (Å²) in [5.74, 6) is -0.486. The van der Waals surface area contributed by atoms with E-state index >= 15 is 0 Å². The van der Waals surface area contributed by atoms with Gasteiger partial charge in [-0.25, -0.2) is 8.42 Å². The predicted molar refractivity (Wildman–Crippen MR) is 145 cm³/mol. The van der Waals surface area contributed by atoms with Crippen LogP contribution in [0, 0.1) is 0 Å². The van der Waals surface area contributed by atoms with Gasteiger partial charge in [0.2, 0.25) is 5.91 Å². The lowest BCUT2D eigenvalue weighted by Gasteiger charge is -2.23. The lowest BCUT2D eigenvalue weighted by molar-refractivity contribution is -0.114. The fourth-order valence-corrected chi connectivity index (χ4v) is 6.26. The van der Waals surface area contributed by atoms with E-state index in [1.807, 2.05) is 6.07 Å². The Morgan fingerprint density at radius 3 is 2.29 bits per heavy atom. The summed E-state index contributed by atoms with van der Waals surface area (Å²) in [6, 6.07) is 20.5. The van der Waals surface area contributed by atoms with E-state index in [1.165, 1.54) is 22.6 Å². The van der Waals surface area contributed by atoms with Crippen molar-refractivity contribution in [2.45, 2.75) is 18.7 Å². The van der Waals surface area contributed by atoms with Crippen LogP contribution in [0.1, 0.15) is 23.5 Å². The summed E-state index contributed by atoms with van der Waals surface area (Å²) in [4.78, 5) is 24.8. The minimum absolute atomic E-state index is 0.197. The number of sulfonamides is 1. The largest absolute Gasteiger partial charge is 0.326 e.